The van der Waals surface area contributed by atoms with Gasteiger partial charge in [0.2, 0.25) is 17.7 Å². The monoisotopic (exact) mass is 373 g/mol. The maximum Gasteiger partial charge on any atom is 0.246 e. The molecule has 1 aromatic rings. The van der Waals surface area contributed by atoms with Crippen LogP contribution in [-0.2, 0) is 20.8 Å². The van der Waals surface area contributed by atoms with Gasteiger partial charge in [-0.05, 0) is 37.7 Å². The first-order valence-corrected chi connectivity index (χ1v) is 9.58. The SMILES string of the molecule is NC(=O)[C@@H]1CCCN1C(=O)[C@H](Cc1ccccc1)NC(=O)[C@@H]1CCC(O)C1. The average Bonchev–Trinajstić information content (AvgIpc) is 3.30. The minimum atomic E-state index is -0.752. The summed E-state index contributed by atoms with van der Waals surface area (Å²) in [4.78, 5) is 39.0. The lowest BCUT2D eigenvalue weighted by Crippen LogP contribution is -2.54. The van der Waals surface area contributed by atoms with E-state index in [-0.39, 0.29) is 17.7 Å². The molecule has 4 atom stereocenters. The van der Waals surface area contributed by atoms with Crippen LogP contribution in [0.1, 0.15) is 37.7 Å². The first-order valence-electron chi connectivity index (χ1n) is 9.58. The van der Waals surface area contributed by atoms with E-state index in [1.807, 2.05) is 30.3 Å². The molecular formula is C20H27N3O4. The molecule has 1 heterocycles. The molecule has 7 nitrogen and oxygen atoms in total. The van der Waals surface area contributed by atoms with E-state index in [0.29, 0.717) is 38.6 Å². The van der Waals surface area contributed by atoms with Crippen molar-refractivity contribution in [3.63, 3.8) is 0 Å². The molecule has 3 rings (SSSR count). The Labute approximate surface area is 158 Å². The second-order valence-electron chi connectivity index (χ2n) is 7.51. The molecule has 1 saturated heterocycles. The molecule has 1 aliphatic heterocycles. The van der Waals surface area contributed by atoms with E-state index in [2.05, 4.69) is 5.32 Å². The zero-order valence-corrected chi connectivity index (χ0v) is 15.3. The maximum atomic E-state index is 13.1. The highest BCUT2D eigenvalue weighted by Crippen LogP contribution is 2.26. The van der Waals surface area contributed by atoms with Crippen molar-refractivity contribution in [2.24, 2.45) is 11.7 Å². The minimum Gasteiger partial charge on any atom is -0.393 e. The van der Waals surface area contributed by atoms with Crippen LogP contribution in [0.2, 0.25) is 0 Å². The fourth-order valence-corrected chi connectivity index (χ4v) is 4.06. The van der Waals surface area contributed by atoms with Crippen molar-refractivity contribution in [3.05, 3.63) is 35.9 Å². The highest BCUT2D eigenvalue weighted by molar-refractivity contribution is 5.92. The van der Waals surface area contributed by atoms with Gasteiger partial charge in [0.15, 0.2) is 0 Å². The van der Waals surface area contributed by atoms with Gasteiger partial charge in [0.1, 0.15) is 12.1 Å². The second kappa shape index (κ2) is 8.52. The van der Waals surface area contributed by atoms with Crippen LogP contribution in [-0.4, -0.2) is 52.5 Å². The highest BCUT2D eigenvalue weighted by atomic mass is 16.3. The van der Waals surface area contributed by atoms with Crippen LogP contribution in [0.5, 0.6) is 0 Å². The second-order valence-corrected chi connectivity index (χ2v) is 7.51. The van der Waals surface area contributed by atoms with E-state index in [1.54, 1.807) is 0 Å². The molecule has 146 valence electrons. The van der Waals surface area contributed by atoms with Crippen molar-refractivity contribution in [1.29, 1.82) is 0 Å². The number of nitrogens with zero attached hydrogens (tertiary/aromatic N) is 1. The van der Waals surface area contributed by atoms with Gasteiger partial charge < -0.3 is 21.1 Å². The van der Waals surface area contributed by atoms with Crippen molar-refractivity contribution in [2.45, 2.75) is 56.7 Å². The minimum absolute atomic E-state index is 0.212. The highest BCUT2D eigenvalue weighted by Gasteiger charge is 2.38. The van der Waals surface area contributed by atoms with E-state index in [1.165, 1.54) is 4.90 Å². The van der Waals surface area contributed by atoms with Crippen molar-refractivity contribution >= 4 is 17.7 Å². The fourth-order valence-electron chi connectivity index (χ4n) is 4.06. The Morgan fingerprint density at radius 2 is 1.93 bits per heavy atom. The molecule has 1 aliphatic carbocycles. The van der Waals surface area contributed by atoms with Crippen LogP contribution in [0.15, 0.2) is 30.3 Å². The smallest absolute Gasteiger partial charge is 0.246 e. The Morgan fingerprint density at radius 3 is 2.56 bits per heavy atom. The largest absolute Gasteiger partial charge is 0.393 e. The summed E-state index contributed by atoms with van der Waals surface area (Å²) in [6.07, 6.45) is 2.82. The van der Waals surface area contributed by atoms with Gasteiger partial charge in [-0.3, -0.25) is 14.4 Å². The van der Waals surface area contributed by atoms with Crippen molar-refractivity contribution < 1.29 is 19.5 Å². The van der Waals surface area contributed by atoms with Gasteiger partial charge in [-0.25, -0.2) is 0 Å². The molecule has 1 aromatic carbocycles. The molecule has 27 heavy (non-hydrogen) atoms. The zero-order valence-electron chi connectivity index (χ0n) is 15.3. The lowest BCUT2D eigenvalue weighted by molar-refractivity contribution is -0.141. The summed E-state index contributed by atoms with van der Waals surface area (Å²) in [5.41, 5.74) is 6.37. The van der Waals surface area contributed by atoms with Crippen LogP contribution >= 0.6 is 0 Å². The number of hydrogen-bond donors (Lipinski definition) is 3. The van der Waals surface area contributed by atoms with Crippen molar-refractivity contribution in [2.75, 3.05) is 6.54 Å². The molecule has 0 spiro atoms. The van der Waals surface area contributed by atoms with Crippen molar-refractivity contribution in [3.8, 4) is 0 Å². The Morgan fingerprint density at radius 1 is 1.19 bits per heavy atom. The number of carbonyl (C=O) groups excluding carboxylic acids is 3. The number of aliphatic hydroxyl groups excluding tert-OH is 1. The number of hydrogen-bond acceptors (Lipinski definition) is 4. The number of amides is 3. The third-order valence-corrected chi connectivity index (χ3v) is 5.54. The number of nitrogens with two attached hydrogens (primary N) is 1. The molecule has 1 unspecified atom stereocenters. The van der Waals surface area contributed by atoms with Crippen LogP contribution in [0.25, 0.3) is 0 Å². The summed E-state index contributed by atoms with van der Waals surface area (Å²) in [6.45, 7) is 0.468. The van der Waals surface area contributed by atoms with Gasteiger partial charge in [-0.15, -0.1) is 0 Å². The molecule has 3 amide bonds. The molecule has 4 N–H and O–H groups in total. The lowest BCUT2D eigenvalue weighted by atomic mass is 10.0. The topological polar surface area (TPSA) is 113 Å². The summed E-state index contributed by atoms with van der Waals surface area (Å²) < 4.78 is 0. The van der Waals surface area contributed by atoms with Crippen LogP contribution in [0.4, 0.5) is 0 Å². The van der Waals surface area contributed by atoms with Crippen LogP contribution < -0.4 is 11.1 Å². The van der Waals surface area contributed by atoms with E-state index in [0.717, 1.165) is 12.0 Å². The quantitative estimate of drug-likeness (QED) is 0.668. The van der Waals surface area contributed by atoms with Gasteiger partial charge in [0.05, 0.1) is 6.10 Å². The van der Waals surface area contributed by atoms with E-state index >= 15 is 0 Å². The molecule has 2 aliphatic rings. The number of primary amides is 1. The molecule has 0 bridgehead atoms. The number of aliphatic hydroxyl groups is 1. The van der Waals surface area contributed by atoms with Gasteiger partial charge >= 0.3 is 0 Å². The molecule has 2 fully saturated rings. The van der Waals surface area contributed by atoms with Crippen LogP contribution in [0.3, 0.4) is 0 Å². The predicted octanol–water partition coefficient (Wildman–Crippen LogP) is 0.351. The maximum absolute atomic E-state index is 13.1. The first kappa shape index (κ1) is 19.4. The summed E-state index contributed by atoms with van der Waals surface area (Å²) >= 11 is 0. The van der Waals surface area contributed by atoms with Gasteiger partial charge in [0.25, 0.3) is 0 Å². The molecular weight excluding hydrogens is 346 g/mol. The van der Waals surface area contributed by atoms with E-state index in [4.69, 9.17) is 5.73 Å². The fraction of sp³-hybridized carbons (Fsp3) is 0.550. The normalized spacial score (nSPS) is 26.0. The lowest BCUT2D eigenvalue weighted by Gasteiger charge is -2.28. The number of benzene rings is 1. The number of nitrogens with one attached hydrogen (secondary N) is 1. The number of likely N-dealkylation sites (tertiary alicyclic amines) is 1. The van der Waals surface area contributed by atoms with Crippen molar-refractivity contribution in [1.82, 2.24) is 10.2 Å². The first-order chi connectivity index (χ1) is 13.0. The molecule has 0 aromatic heterocycles. The standard InChI is InChI=1S/C20H27N3O4/c21-18(25)17-7-4-10-23(17)20(27)16(11-13-5-2-1-3-6-13)22-19(26)14-8-9-15(24)12-14/h1-3,5-6,14-17,24H,4,7-12H2,(H2,21,25)(H,22,26)/t14-,15?,16+,17+/m1/s1. The predicted molar refractivity (Wildman–Crippen MR) is 99.4 cm³/mol. The van der Waals surface area contributed by atoms with Gasteiger partial charge in [-0.2, -0.15) is 0 Å². The summed E-state index contributed by atoms with van der Waals surface area (Å²) in [6, 6.07) is 8.10. The summed E-state index contributed by atoms with van der Waals surface area (Å²) in [5.74, 6) is -1.27. The average molecular weight is 373 g/mol. The van der Waals surface area contributed by atoms with Gasteiger partial charge in [0, 0.05) is 18.9 Å². The van der Waals surface area contributed by atoms with Gasteiger partial charge in [-0.1, -0.05) is 30.3 Å². The Bertz CT molecular complexity index is 694. The molecule has 0 radical (unpaired) electrons. The molecule has 1 saturated carbocycles. The third kappa shape index (κ3) is 4.66. The number of rotatable bonds is 6. The Hall–Kier alpha value is -2.41. The Kier molecular flexibility index (Phi) is 6.11. The third-order valence-electron chi connectivity index (χ3n) is 5.54. The van der Waals surface area contributed by atoms with Crippen LogP contribution in [0, 0.1) is 5.92 Å². The van der Waals surface area contributed by atoms with E-state index in [9.17, 15) is 19.5 Å². The van der Waals surface area contributed by atoms with E-state index < -0.39 is 24.1 Å². The zero-order chi connectivity index (χ0) is 19.4. The summed E-state index contributed by atoms with van der Waals surface area (Å²) in [5, 5.41) is 12.6. The summed E-state index contributed by atoms with van der Waals surface area (Å²) in [7, 11) is 0. The molecule has 7 heteroatoms. The Balaban J connectivity index is 1.75. The number of carbonyl (C=O) groups is 3.